The molecular weight excluding hydrogens is 259 g/mol. The summed E-state index contributed by atoms with van der Waals surface area (Å²) in [6, 6.07) is 2.38. The molecule has 1 aromatic carbocycles. The zero-order chi connectivity index (χ0) is 12.3. The van der Waals surface area contributed by atoms with E-state index in [-0.39, 0.29) is 17.1 Å². The van der Waals surface area contributed by atoms with Gasteiger partial charge in [-0.1, -0.05) is 6.07 Å². The Morgan fingerprint density at radius 2 is 1.81 bits per heavy atom. The Balaban J connectivity index is 3.30. The Kier molecular flexibility index (Phi) is 3.98. The molecule has 0 saturated heterocycles. The molecule has 4 nitrogen and oxygen atoms in total. The molecule has 7 heteroatoms. The van der Waals surface area contributed by atoms with Crippen molar-refractivity contribution in [3.8, 4) is 11.5 Å². The minimum absolute atomic E-state index is 0.0340. The molecule has 0 N–H and O–H groups in total. The SMILES string of the molecule is COc1c(F)ccc(CS(=O)(=O)Cl)c1OC. The Bertz CT molecular complexity index is 487. The second kappa shape index (κ2) is 4.88. The van der Waals surface area contributed by atoms with Crippen LogP contribution in [0.3, 0.4) is 0 Å². The molecule has 0 unspecified atom stereocenters. The highest BCUT2D eigenvalue weighted by atomic mass is 35.7. The fourth-order valence-electron chi connectivity index (χ4n) is 1.29. The van der Waals surface area contributed by atoms with E-state index in [1.54, 1.807) is 0 Å². The molecule has 0 spiro atoms. The molecule has 0 amide bonds. The Morgan fingerprint density at radius 1 is 1.25 bits per heavy atom. The van der Waals surface area contributed by atoms with Crippen LogP contribution >= 0.6 is 10.7 Å². The second-order valence-corrected chi connectivity index (χ2v) is 5.73. The van der Waals surface area contributed by atoms with Crippen molar-refractivity contribution in [3.05, 3.63) is 23.5 Å². The summed E-state index contributed by atoms with van der Waals surface area (Å²) in [5, 5.41) is 0. The molecule has 0 saturated carbocycles. The van der Waals surface area contributed by atoms with E-state index in [4.69, 9.17) is 20.2 Å². The Morgan fingerprint density at radius 3 is 2.25 bits per heavy atom. The predicted molar refractivity (Wildman–Crippen MR) is 58.0 cm³/mol. The van der Waals surface area contributed by atoms with Crippen LogP contribution in [0.1, 0.15) is 5.56 Å². The normalized spacial score (nSPS) is 11.2. The molecule has 16 heavy (non-hydrogen) atoms. The van der Waals surface area contributed by atoms with E-state index < -0.39 is 20.6 Å². The van der Waals surface area contributed by atoms with Crippen LogP contribution in [-0.2, 0) is 14.8 Å². The second-order valence-electron chi connectivity index (χ2n) is 2.96. The maximum atomic E-state index is 13.3. The molecule has 0 heterocycles. The lowest BCUT2D eigenvalue weighted by molar-refractivity contribution is 0.335. The minimum Gasteiger partial charge on any atom is -0.492 e. The minimum atomic E-state index is -3.73. The van der Waals surface area contributed by atoms with Gasteiger partial charge in [-0.2, -0.15) is 0 Å². The van der Waals surface area contributed by atoms with Gasteiger partial charge in [-0.15, -0.1) is 0 Å². The van der Waals surface area contributed by atoms with Crippen LogP contribution in [0.5, 0.6) is 11.5 Å². The number of methoxy groups -OCH3 is 2. The standard InChI is InChI=1S/C9H10ClFO4S/c1-14-8-6(5-16(10,12)13)3-4-7(11)9(8)15-2/h3-4H,5H2,1-2H3. The van der Waals surface area contributed by atoms with E-state index in [0.717, 1.165) is 6.07 Å². The number of rotatable bonds is 4. The van der Waals surface area contributed by atoms with Gasteiger partial charge in [-0.3, -0.25) is 0 Å². The van der Waals surface area contributed by atoms with Gasteiger partial charge in [0, 0.05) is 16.2 Å². The van der Waals surface area contributed by atoms with Gasteiger partial charge in [0.1, 0.15) is 0 Å². The summed E-state index contributed by atoms with van der Waals surface area (Å²) in [6.45, 7) is 0. The van der Waals surface area contributed by atoms with Gasteiger partial charge in [0.15, 0.2) is 17.3 Å². The maximum Gasteiger partial charge on any atom is 0.236 e. The van der Waals surface area contributed by atoms with E-state index in [9.17, 15) is 12.8 Å². The quantitative estimate of drug-likeness (QED) is 0.783. The molecule has 1 rings (SSSR count). The average molecular weight is 269 g/mol. The van der Waals surface area contributed by atoms with E-state index >= 15 is 0 Å². The summed E-state index contributed by atoms with van der Waals surface area (Å²) in [4.78, 5) is 0. The third kappa shape index (κ3) is 2.99. The number of hydrogen-bond donors (Lipinski definition) is 0. The summed E-state index contributed by atoms with van der Waals surface area (Å²) in [6.07, 6.45) is 0. The first-order chi connectivity index (χ1) is 7.39. The van der Waals surface area contributed by atoms with Crippen molar-refractivity contribution in [1.82, 2.24) is 0 Å². The zero-order valence-electron chi connectivity index (χ0n) is 8.66. The van der Waals surface area contributed by atoms with E-state index in [2.05, 4.69) is 0 Å². The number of hydrogen-bond acceptors (Lipinski definition) is 4. The molecule has 0 bridgehead atoms. The Labute approximate surface area is 97.4 Å². The molecule has 0 aromatic heterocycles. The first-order valence-electron chi connectivity index (χ1n) is 4.20. The zero-order valence-corrected chi connectivity index (χ0v) is 10.2. The third-order valence-electron chi connectivity index (χ3n) is 1.88. The van der Waals surface area contributed by atoms with Crippen molar-refractivity contribution >= 4 is 19.7 Å². The highest BCUT2D eigenvalue weighted by Crippen LogP contribution is 2.34. The molecule has 90 valence electrons. The highest BCUT2D eigenvalue weighted by Gasteiger charge is 2.18. The lowest BCUT2D eigenvalue weighted by Crippen LogP contribution is -2.02. The molecular formula is C9H10ClFO4S. The fourth-order valence-corrected chi connectivity index (χ4v) is 2.24. The summed E-state index contributed by atoms with van der Waals surface area (Å²) < 4.78 is 44.8. The van der Waals surface area contributed by atoms with Gasteiger partial charge in [-0.25, -0.2) is 12.8 Å². The van der Waals surface area contributed by atoms with Gasteiger partial charge in [-0.05, 0) is 6.07 Å². The molecule has 0 aliphatic rings. The van der Waals surface area contributed by atoms with E-state index in [0.29, 0.717) is 0 Å². The van der Waals surface area contributed by atoms with Crippen LogP contribution in [0.25, 0.3) is 0 Å². The molecule has 0 atom stereocenters. The van der Waals surface area contributed by atoms with Crippen molar-refractivity contribution in [2.24, 2.45) is 0 Å². The van der Waals surface area contributed by atoms with Crippen molar-refractivity contribution in [1.29, 1.82) is 0 Å². The summed E-state index contributed by atoms with van der Waals surface area (Å²) in [5.41, 5.74) is 0.246. The number of halogens is 2. The lowest BCUT2D eigenvalue weighted by atomic mass is 10.2. The van der Waals surface area contributed by atoms with Crippen LogP contribution in [0.15, 0.2) is 12.1 Å². The number of benzene rings is 1. The largest absolute Gasteiger partial charge is 0.492 e. The van der Waals surface area contributed by atoms with Crippen LogP contribution in [0, 0.1) is 5.82 Å². The van der Waals surface area contributed by atoms with Crippen molar-refractivity contribution in [2.75, 3.05) is 14.2 Å². The van der Waals surface area contributed by atoms with Crippen LogP contribution in [0.4, 0.5) is 4.39 Å². The lowest BCUT2D eigenvalue weighted by Gasteiger charge is -2.12. The molecule has 0 aliphatic heterocycles. The average Bonchev–Trinajstić information content (AvgIpc) is 2.18. The highest BCUT2D eigenvalue weighted by molar-refractivity contribution is 8.13. The first kappa shape index (κ1) is 13.1. The van der Waals surface area contributed by atoms with E-state index in [1.807, 2.05) is 0 Å². The van der Waals surface area contributed by atoms with Crippen molar-refractivity contribution in [3.63, 3.8) is 0 Å². The van der Waals surface area contributed by atoms with Gasteiger partial charge in [0.2, 0.25) is 9.05 Å². The van der Waals surface area contributed by atoms with Gasteiger partial charge in [0.05, 0.1) is 20.0 Å². The molecule has 0 fully saturated rings. The maximum absolute atomic E-state index is 13.3. The van der Waals surface area contributed by atoms with Crippen LogP contribution in [0.2, 0.25) is 0 Å². The molecule has 0 aliphatic carbocycles. The van der Waals surface area contributed by atoms with Crippen molar-refractivity contribution in [2.45, 2.75) is 5.75 Å². The Hall–Kier alpha value is -1.01. The monoisotopic (exact) mass is 268 g/mol. The van der Waals surface area contributed by atoms with Gasteiger partial charge in [0.25, 0.3) is 0 Å². The van der Waals surface area contributed by atoms with Crippen LogP contribution < -0.4 is 9.47 Å². The number of ether oxygens (including phenoxy) is 2. The molecule has 1 aromatic rings. The summed E-state index contributed by atoms with van der Waals surface area (Å²) in [5.74, 6) is -1.18. The van der Waals surface area contributed by atoms with Crippen molar-refractivity contribution < 1.29 is 22.3 Å². The summed E-state index contributed by atoms with van der Waals surface area (Å²) in [7, 11) is 3.94. The van der Waals surface area contributed by atoms with E-state index in [1.165, 1.54) is 20.3 Å². The first-order valence-corrected chi connectivity index (χ1v) is 6.68. The van der Waals surface area contributed by atoms with Gasteiger partial charge >= 0.3 is 0 Å². The topological polar surface area (TPSA) is 52.6 Å². The van der Waals surface area contributed by atoms with Crippen LogP contribution in [-0.4, -0.2) is 22.6 Å². The smallest absolute Gasteiger partial charge is 0.236 e. The van der Waals surface area contributed by atoms with Gasteiger partial charge < -0.3 is 9.47 Å². The summed E-state index contributed by atoms with van der Waals surface area (Å²) >= 11 is 0. The third-order valence-corrected chi connectivity index (χ3v) is 2.86. The fraction of sp³-hybridized carbons (Fsp3) is 0.333. The predicted octanol–water partition coefficient (Wildman–Crippen LogP) is 1.91. The molecule has 0 radical (unpaired) electrons.